The fourth-order valence-electron chi connectivity index (χ4n) is 9.79. The fourth-order valence-corrected chi connectivity index (χ4v) is 11.0. The van der Waals surface area contributed by atoms with E-state index in [0.29, 0.717) is 30.8 Å². The normalized spacial score (nSPS) is 18.9. The number of amides is 4. The lowest BCUT2D eigenvalue weighted by Gasteiger charge is -2.47. The van der Waals surface area contributed by atoms with E-state index >= 15 is 0 Å². The molecule has 0 saturated heterocycles. The molecule has 4 amide bonds. The molecule has 9 rings (SSSR count). The van der Waals surface area contributed by atoms with Crippen molar-refractivity contribution >= 4 is 43.7 Å². The maximum atomic E-state index is 15.0. The van der Waals surface area contributed by atoms with Gasteiger partial charge in [-0.2, -0.15) is 0 Å². The molecule has 17 nitrogen and oxygen atoms in total. The molecular weight excluding hydrogens is 975 g/mol. The third-order valence-electron chi connectivity index (χ3n) is 14.7. The molecule has 1 aromatic heterocycles. The van der Waals surface area contributed by atoms with E-state index in [1.807, 2.05) is 48.5 Å². The Kier molecular flexibility index (Phi) is 14.8. The van der Waals surface area contributed by atoms with E-state index in [9.17, 15) is 24.3 Å². The summed E-state index contributed by atoms with van der Waals surface area (Å²) in [6.45, 7) is 18.2. The van der Waals surface area contributed by atoms with Gasteiger partial charge in [0.25, 0.3) is 11.8 Å². The molecular formula is C57H63N5O12Si. The molecule has 0 radical (unpaired) electrons. The molecule has 392 valence electrons. The van der Waals surface area contributed by atoms with Crippen molar-refractivity contribution in [2.45, 2.75) is 103 Å². The topological polar surface area (TPSA) is 179 Å². The van der Waals surface area contributed by atoms with Crippen LogP contribution in [0.15, 0.2) is 116 Å². The van der Waals surface area contributed by atoms with Crippen molar-refractivity contribution in [2.24, 2.45) is 0 Å². The minimum absolute atomic E-state index is 0.0721. The number of aliphatic hydroxyl groups excluding tert-OH is 1. The first kappa shape index (κ1) is 52.2. The number of hydrogen-bond donors (Lipinski definition) is 1. The van der Waals surface area contributed by atoms with E-state index in [2.05, 4.69) is 47.0 Å². The number of benzene rings is 4. The molecule has 0 bridgehead atoms. The van der Waals surface area contributed by atoms with Crippen LogP contribution in [-0.4, -0.2) is 104 Å². The Bertz CT molecular complexity index is 3050. The molecule has 0 fully saturated rings. The summed E-state index contributed by atoms with van der Waals surface area (Å²) in [4.78, 5) is 68.4. The number of aromatic nitrogens is 1. The van der Waals surface area contributed by atoms with Gasteiger partial charge in [0, 0.05) is 25.2 Å². The van der Waals surface area contributed by atoms with Crippen LogP contribution in [0.5, 0.6) is 23.0 Å². The second kappa shape index (κ2) is 21.3. The first-order valence-corrected chi connectivity index (χ1v) is 27.8. The van der Waals surface area contributed by atoms with Gasteiger partial charge in [0.2, 0.25) is 0 Å². The van der Waals surface area contributed by atoms with Crippen molar-refractivity contribution < 1.29 is 57.1 Å². The highest BCUT2D eigenvalue weighted by Crippen LogP contribution is 2.46. The SMILES string of the molecule is C=CCOC(=O)N1c2cc(OCc3cccc(COc4cc5c(cc4OC)C(=O)N4Cc6ccccc6C[C@H]4C(O[Si](C)(C)C(C)(C)C)N5C(=O)OCC=C)n3)c(OC)cc2C(=O)N2Cc3ccccc3C[C@H]2C1O. The van der Waals surface area contributed by atoms with Crippen molar-refractivity contribution in [3.05, 3.63) is 161 Å². The van der Waals surface area contributed by atoms with Crippen molar-refractivity contribution in [3.63, 3.8) is 0 Å². The Balaban J connectivity index is 1.01. The first-order valence-electron chi connectivity index (χ1n) is 24.9. The largest absolute Gasteiger partial charge is 0.493 e. The first-order chi connectivity index (χ1) is 36.0. The van der Waals surface area contributed by atoms with Gasteiger partial charge in [0.05, 0.1) is 60.2 Å². The van der Waals surface area contributed by atoms with Gasteiger partial charge in [-0.25, -0.2) is 19.4 Å². The number of fused-ring (bicyclic) bond motifs is 6. The Morgan fingerprint density at radius 2 is 1.12 bits per heavy atom. The maximum Gasteiger partial charge on any atom is 0.416 e. The predicted molar refractivity (Wildman–Crippen MR) is 283 cm³/mol. The Labute approximate surface area is 437 Å². The molecule has 5 heterocycles. The molecule has 4 atom stereocenters. The summed E-state index contributed by atoms with van der Waals surface area (Å²) in [6, 6.07) is 25.8. The van der Waals surface area contributed by atoms with Crippen LogP contribution in [0, 0.1) is 0 Å². The summed E-state index contributed by atoms with van der Waals surface area (Å²) in [5.74, 6) is 0.149. The van der Waals surface area contributed by atoms with Crippen molar-refractivity contribution in [3.8, 4) is 23.0 Å². The van der Waals surface area contributed by atoms with Gasteiger partial charge in [0.15, 0.2) is 43.8 Å². The summed E-state index contributed by atoms with van der Waals surface area (Å²) < 4.78 is 42.9. The molecule has 4 aromatic carbocycles. The van der Waals surface area contributed by atoms with Gasteiger partial charge in [-0.05, 0) is 77.5 Å². The van der Waals surface area contributed by atoms with Gasteiger partial charge >= 0.3 is 12.2 Å². The lowest BCUT2D eigenvalue weighted by Crippen LogP contribution is -2.60. The number of carbonyl (C=O) groups excluding carboxylic acids is 4. The van der Waals surface area contributed by atoms with Crippen LogP contribution < -0.4 is 28.7 Å². The van der Waals surface area contributed by atoms with E-state index in [1.54, 1.807) is 40.1 Å². The number of nitrogens with zero attached hydrogens (tertiary/aromatic N) is 5. The van der Waals surface area contributed by atoms with E-state index in [4.69, 9.17) is 37.8 Å². The quantitative estimate of drug-likeness (QED) is 0.0822. The predicted octanol–water partition coefficient (Wildman–Crippen LogP) is 9.34. The standard InChI is InChI=1S/C57H63N5O12Si/c1-10-23-70-55(66)61-43-29-49(47(68-6)27-41(43)51(63)59-31-37-19-14-12-17-35(37)25-45(59)53(61)65)72-33-39-21-16-22-40(58-39)34-73-50-30-44-42(28-48(50)69-7)52(64)60-32-38-20-15-13-18-36(38)26-46(60)54(62(44)56(67)71-24-11-2)74-75(8,9)57(3,4)5/h10-22,27-30,45-46,53-54,65H,1-2,23-26,31-34H2,3-9H3/t45-,46-,53?,54?/m0/s1. The monoisotopic (exact) mass is 1040 g/mol. The smallest absolute Gasteiger partial charge is 0.416 e. The van der Waals surface area contributed by atoms with Crippen LogP contribution in [0.4, 0.5) is 21.0 Å². The third-order valence-corrected chi connectivity index (χ3v) is 19.2. The van der Waals surface area contributed by atoms with E-state index in [-0.39, 0.29) is 89.4 Å². The van der Waals surface area contributed by atoms with E-state index in [1.165, 1.54) is 43.4 Å². The molecule has 4 aliphatic rings. The van der Waals surface area contributed by atoms with Gasteiger partial charge in [-0.1, -0.05) is 101 Å². The summed E-state index contributed by atoms with van der Waals surface area (Å²) in [5.41, 5.74) is 5.59. The van der Waals surface area contributed by atoms with Crippen molar-refractivity contribution in [2.75, 3.05) is 37.2 Å². The summed E-state index contributed by atoms with van der Waals surface area (Å²) in [5, 5.41) is 11.7. The highest BCUT2D eigenvalue weighted by molar-refractivity contribution is 6.74. The Hall–Kier alpha value is -7.67. The summed E-state index contributed by atoms with van der Waals surface area (Å²) in [7, 11) is 0.265. The number of aliphatic hydroxyl groups is 1. The van der Waals surface area contributed by atoms with Gasteiger partial charge in [0.1, 0.15) is 26.4 Å². The van der Waals surface area contributed by atoms with Crippen molar-refractivity contribution in [1.29, 1.82) is 0 Å². The average Bonchev–Trinajstić information content (AvgIpc) is 3.55. The van der Waals surface area contributed by atoms with Crippen molar-refractivity contribution in [1.82, 2.24) is 14.8 Å². The number of pyridine rings is 1. The molecule has 75 heavy (non-hydrogen) atoms. The van der Waals surface area contributed by atoms with Crippen LogP contribution >= 0.6 is 0 Å². The van der Waals surface area contributed by atoms with Gasteiger partial charge in [-0.15, -0.1) is 0 Å². The summed E-state index contributed by atoms with van der Waals surface area (Å²) in [6.07, 6.45) is -0.367. The zero-order valence-electron chi connectivity index (χ0n) is 43.4. The minimum Gasteiger partial charge on any atom is -0.493 e. The molecule has 0 spiro atoms. The maximum absolute atomic E-state index is 15.0. The lowest BCUT2D eigenvalue weighted by atomic mass is 9.93. The van der Waals surface area contributed by atoms with E-state index < -0.39 is 51.0 Å². The molecule has 0 saturated carbocycles. The molecule has 18 heteroatoms. The highest BCUT2D eigenvalue weighted by Gasteiger charge is 2.51. The van der Waals surface area contributed by atoms with E-state index in [0.717, 1.165) is 27.2 Å². The lowest BCUT2D eigenvalue weighted by molar-refractivity contribution is 0.0299. The minimum atomic E-state index is -2.66. The van der Waals surface area contributed by atoms with Crippen LogP contribution in [0.1, 0.15) is 75.1 Å². The van der Waals surface area contributed by atoms with Crippen LogP contribution in [0.25, 0.3) is 0 Å². The number of hydrogen-bond acceptors (Lipinski definition) is 13. The molecule has 0 aliphatic carbocycles. The summed E-state index contributed by atoms with van der Waals surface area (Å²) >= 11 is 0. The Morgan fingerprint density at radius 3 is 1.60 bits per heavy atom. The second-order valence-electron chi connectivity index (χ2n) is 20.3. The zero-order chi connectivity index (χ0) is 53.3. The van der Waals surface area contributed by atoms with Gasteiger partial charge < -0.3 is 47.8 Å². The highest BCUT2D eigenvalue weighted by atomic mass is 28.4. The number of anilines is 2. The molecule has 5 aromatic rings. The average molecular weight is 1040 g/mol. The molecule has 1 N–H and O–H groups in total. The molecule has 2 unspecified atom stereocenters. The van der Waals surface area contributed by atoms with Crippen LogP contribution in [-0.2, 0) is 53.0 Å². The third kappa shape index (κ3) is 10.2. The van der Waals surface area contributed by atoms with Crippen LogP contribution in [0.2, 0.25) is 18.1 Å². The zero-order valence-corrected chi connectivity index (χ0v) is 44.4. The fraction of sp³-hybridized carbons (Fsp3) is 0.351. The number of carbonyl (C=O) groups is 4. The van der Waals surface area contributed by atoms with Crippen LogP contribution in [0.3, 0.4) is 0 Å². The Morgan fingerprint density at radius 1 is 0.667 bits per heavy atom. The second-order valence-corrected chi connectivity index (χ2v) is 25.1. The number of methoxy groups -OCH3 is 2. The number of rotatable bonds is 14. The number of ether oxygens (including phenoxy) is 6. The van der Waals surface area contributed by atoms with Gasteiger partial charge in [-0.3, -0.25) is 14.6 Å². The molecule has 4 aliphatic heterocycles.